The number of nitrogens with zero attached hydrogens (tertiary/aromatic N) is 4. The third-order valence-corrected chi connectivity index (χ3v) is 3.90. The van der Waals surface area contributed by atoms with Gasteiger partial charge in [0, 0.05) is 18.8 Å². The van der Waals surface area contributed by atoms with E-state index in [-0.39, 0.29) is 5.91 Å². The van der Waals surface area contributed by atoms with E-state index in [0.717, 1.165) is 25.1 Å². The van der Waals surface area contributed by atoms with Crippen molar-refractivity contribution in [3.63, 3.8) is 0 Å². The smallest absolute Gasteiger partial charge is 0.277 e. The minimum absolute atomic E-state index is 0.223. The van der Waals surface area contributed by atoms with Gasteiger partial charge in [0.2, 0.25) is 0 Å². The molecule has 0 spiro atoms. The SMILES string of the molecule is CN(C)Cc1cc(NC(=O)c2ccn(C3CCCC3)n2)n[nH]1. The normalized spacial score (nSPS) is 15.6. The van der Waals surface area contributed by atoms with Crippen molar-refractivity contribution in [1.82, 2.24) is 24.9 Å². The predicted octanol–water partition coefficient (Wildman–Crippen LogP) is 2.04. The standard InChI is InChI=1S/C15H22N6O/c1-20(2)10-11-9-14(18-17-11)16-15(22)13-7-8-21(19-13)12-5-3-4-6-12/h7-9,12H,3-6,10H2,1-2H3,(H2,16,17,18,22). The van der Waals surface area contributed by atoms with Crippen LogP contribution in [0, 0.1) is 0 Å². The van der Waals surface area contributed by atoms with Gasteiger partial charge in [0.1, 0.15) is 0 Å². The Morgan fingerprint density at radius 1 is 1.45 bits per heavy atom. The van der Waals surface area contributed by atoms with E-state index in [1.165, 1.54) is 12.8 Å². The first-order valence-electron chi connectivity index (χ1n) is 7.67. The summed E-state index contributed by atoms with van der Waals surface area (Å²) in [5.41, 5.74) is 1.39. The lowest BCUT2D eigenvalue weighted by atomic mass is 10.3. The van der Waals surface area contributed by atoms with E-state index in [9.17, 15) is 4.79 Å². The molecule has 22 heavy (non-hydrogen) atoms. The number of aromatic nitrogens is 4. The summed E-state index contributed by atoms with van der Waals surface area (Å²) in [6.07, 6.45) is 6.68. The van der Waals surface area contributed by atoms with Gasteiger partial charge in [-0.25, -0.2) is 0 Å². The molecule has 7 heteroatoms. The Bertz CT molecular complexity index is 638. The lowest BCUT2D eigenvalue weighted by Gasteiger charge is -2.08. The van der Waals surface area contributed by atoms with Crippen molar-refractivity contribution in [3.05, 3.63) is 29.7 Å². The van der Waals surface area contributed by atoms with Crippen molar-refractivity contribution >= 4 is 11.7 Å². The van der Waals surface area contributed by atoms with Gasteiger partial charge >= 0.3 is 0 Å². The Kier molecular flexibility index (Phi) is 4.24. The van der Waals surface area contributed by atoms with E-state index in [2.05, 4.69) is 20.6 Å². The average Bonchev–Trinajstić information content (AvgIpc) is 3.19. The molecule has 0 aliphatic heterocycles. The molecular formula is C15H22N6O. The highest BCUT2D eigenvalue weighted by molar-refractivity contribution is 6.02. The summed E-state index contributed by atoms with van der Waals surface area (Å²) in [7, 11) is 3.96. The summed E-state index contributed by atoms with van der Waals surface area (Å²) in [4.78, 5) is 14.3. The third-order valence-electron chi connectivity index (χ3n) is 3.90. The second kappa shape index (κ2) is 6.31. The fraction of sp³-hybridized carbons (Fsp3) is 0.533. The number of carbonyl (C=O) groups excluding carboxylic acids is 1. The van der Waals surface area contributed by atoms with Gasteiger partial charge in [-0.1, -0.05) is 12.8 Å². The molecule has 0 bridgehead atoms. The average molecular weight is 302 g/mol. The minimum atomic E-state index is -0.223. The summed E-state index contributed by atoms with van der Waals surface area (Å²) in [5, 5.41) is 14.2. The van der Waals surface area contributed by atoms with Crippen molar-refractivity contribution in [2.75, 3.05) is 19.4 Å². The first kappa shape index (κ1) is 14.8. The van der Waals surface area contributed by atoms with Crippen LogP contribution in [0.3, 0.4) is 0 Å². The zero-order chi connectivity index (χ0) is 15.5. The van der Waals surface area contributed by atoms with Crippen LogP contribution in [-0.4, -0.2) is 44.9 Å². The van der Waals surface area contributed by atoms with Crippen molar-refractivity contribution in [2.24, 2.45) is 0 Å². The molecule has 0 atom stereocenters. The molecule has 0 radical (unpaired) electrons. The molecular weight excluding hydrogens is 280 g/mol. The van der Waals surface area contributed by atoms with Crippen molar-refractivity contribution in [1.29, 1.82) is 0 Å². The van der Waals surface area contributed by atoms with Crippen LogP contribution in [-0.2, 0) is 6.54 Å². The van der Waals surface area contributed by atoms with Gasteiger partial charge in [0.25, 0.3) is 5.91 Å². The van der Waals surface area contributed by atoms with Crippen LogP contribution in [0.25, 0.3) is 0 Å². The molecule has 2 N–H and O–H groups in total. The van der Waals surface area contributed by atoms with E-state index in [1.807, 2.05) is 35.9 Å². The molecule has 3 rings (SSSR count). The quantitative estimate of drug-likeness (QED) is 0.886. The van der Waals surface area contributed by atoms with Gasteiger partial charge in [0.15, 0.2) is 11.5 Å². The Morgan fingerprint density at radius 3 is 2.95 bits per heavy atom. The molecule has 1 saturated carbocycles. The van der Waals surface area contributed by atoms with Crippen LogP contribution in [0.1, 0.15) is 47.9 Å². The maximum absolute atomic E-state index is 12.2. The highest BCUT2D eigenvalue weighted by atomic mass is 16.2. The topological polar surface area (TPSA) is 78.8 Å². The number of rotatable bonds is 5. The summed E-state index contributed by atoms with van der Waals surface area (Å²) in [6.45, 7) is 0.749. The fourth-order valence-corrected chi connectivity index (χ4v) is 2.86. The molecule has 2 aromatic heterocycles. The number of anilines is 1. The van der Waals surface area contributed by atoms with Crippen molar-refractivity contribution in [3.8, 4) is 0 Å². The molecule has 0 aromatic carbocycles. The van der Waals surface area contributed by atoms with Crippen LogP contribution >= 0.6 is 0 Å². The zero-order valence-electron chi connectivity index (χ0n) is 13.0. The lowest BCUT2D eigenvalue weighted by molar-refractivity contribution is 0.102. The molecule has 0 unspecified atom stereocenters. The maximum atomic E-state index is 12.2. The first-order chi connectivity index (χ1) is 10.6. The third kappa shape index (κ3) is 3.36. The number of nitrogens with one attached hydrogen (secondary N) is 2. The Balaban J connectivity index is 1.63. The lowest BCUT2D eigenvalue weighted by Crippen LogP contribution is -2.14. The molecule has 7 nitrogen and oxygen atoms in total. The molecule has 2 aromatic rings. The van der Waals surface area contributed by atoms with E-state index in [4.69, 9.17) is 0 Å². The summed E-state index contributed by atoms with van der Waals surface area (Å²) >= 11 is 0. The van der Waals surface area contributed by atoms with E-state index >= 15 is 0 Å². The first-order valence-corrected chi connectivity index (χ1v) is 7.67. The molecule has 0 saturated heterocycles. The highest BCUT2D eigenvalue weighted by Crippen LogP contribution is 2.28. The van der Waals surface area contributed by atoms with Gasteiger partial charge in [-0.05, 0) is 33.0 Å². The Morgan fingerprint density at radius 2 is 2.23 bits per heavy atom. The van der Waals surface area contributed by atoms with Crippen LogP contribution in [0.5, 0.6) is 0 Å². The number of hydrogen-bond donors (Lipinski definition) is 2. The van der Waals surface area contributed by atoms with E-state index < -0.39 is 0 Å². The second-order valence-electron chi connectivity index (χ2n) is 6.09. The number of amides is 1. The molecule has 1 aliphatic rings. The van der Waals surface area contributed by atoms with Crippen molar-refractivity contribution in [2.45, 2.75) is 38.3 Å². The van der Waals surface area contributed by atoms with Crippen LogP contribution < -0.4 is 5.32 Å². The largest absolute Gasteiger partial charge is 0.304 e. The van der Waals surface area contributed by atoms with Crippen LogP contribution in [0.4, 0.5) is 5.82 Å². The Labute approximate surface area is 129 Å². The molecule has 1 aliphatic carbocycles. The van der Waals surface area contributed by atoms with Gasteiger partial charge in [-0.3, -0.25) is 14.6 Å². The van der Waals surface area contributed by atoms with Gasteiger partial charge in [-0.15, -0.1) is 0 Å². The highest BCUT2D eigenvalue weighted by Gasteiger charge is 2.19. The summed E-state index contributed by atoms with van der Waals surface area (Å²) in [6, 6.07) is 4.05. The molecule has 2 heterocycles. The molecule has 1 fully saturated rings. The predicted molar refractivity (Wildman–Crippen MR) is 83.7 cm³/mol. The van der Waals surface area contributed by atoms with Gasteiger partial charge in [0.05, 0.1) is 11.7 Å². The Hall–Kier alpha value is -2.15. The van der Waals surface area contributed by atoms with Crippen LogP contribution in [0.15, 0.2) is 18.3 Å². The number of carbonyl (C=O) groups is 1. The van der Waals surface area contributed by atoms with Crippen molar-refractivity contribution < 1.29 is 4.79 Å². The molecule has 1 amide bonds. The number of H-pyrrole nitrogens is 1. The summed E-state index contributed by atoms with van der Waals surface area (Å²) < 4.78 is 1.92. The summed E-state index contributed by atoms with van der Waals surface area (Å²) in [5.74, 6) is 0.303. The maximum Gasteiger partial charge on any atom is 0.277 e. The van der Waals surface area contributed by atoms with Gasteiger partial charge in [-0.2, -0.15) is 10.2 Å². The minimum Gasteiger partial charge on any atom is -0.304 e. The number of aromatic amines is 1. The monoisotopic (exact) mass is 302 g/mol. The van der Waals surface area contributed by atoms with E-state index in [1.54, 1.807) is 6.07 Å². The van der Waals surface area contributed by atoms with E-state index in [0.29, 0.717) is 17.6 Å². The second-order valence-corrected chi connectivity index (χ2v) is 6.09. The van der Waals surface area contributed by atoms with Crippen LogP contribution in [0.2, 0.25) is 0 Å². The van der Waals surface area contributed by atoms with Gasteiger partial charge < -0.3 is 10.2 Å². The zero-order valence-corrected chi connectivity index (χ0v) is 13.0. The number of hydrogen-bond acceptors (Lipinski definition) is 4. The fourth-order valence-electron chi connectivity index (χ4n) is 2.86. The molecule has 118 valence electrons.